The van der Waals surface area contributed by atoms with Crippen LogP contribution in [0, 0.1) is 0 Å². The van der Waals surface area contributed by atoms with Gasteiger partial charge in [-0.2, -0.15) is 0 Å². The highest BCUT2D eigenvalue weighted by Gasteiger charge is 2.15. The monoisotopic (exact) mass is 578 g/mol. The maximum atomic E-state index is 3.38. The minimum atomic E-state index is 1.10. The summed E-state index contributed by atoms with van der Waals surface area (Å²) in [4.78, 5) is 6.76. The van der Waals surface area contributed by atoms with Gasteiger partial charge >= 0.3 is 0 Å². The molecular weight excluding hydrogens is 544 g/mol. The van der Waals surface area contributed by atoms with Crippen LogP contribution in [0.2, 0.25) is 0 Å². The van der Waals surface area contributed by atoms with Crippen molar-refractivity contribution in [3.63, 3.8) is 0 Å². The highest BCUT2D eigenvalue weighted by atomic mass is 14.7. The first-order chi connectivity index (χ1) is 22.3. The highest BCUT2D eigenvalue weighted by molar-refractivity contribution is 6.07. The zero-order chi connectivity index (χ0) is 30.3. The number of aromatic amines is 2. The lowest BCUT2D eigenvalue weighted by atomic mass is 10.1. The molecule has 216 valence electrons. The predicted molar refractivity (Wildman–Crippen MR) is 193 cm³/mol. The first-order valence-electron chi connectivity index (χ1n) is 15.4. The van der Waals surface area contributed by atoms with Gasteiger partial charge in [0.2, 0.25) is 0 Å². The third-order valence-electron chi connectivity index (χ3n) is 8.20. The van der Waals surface area contributed by atoms with Gasteiger partial charge in [0.25, 0.3) is 0 Å². The van der Waals surface area contributed by atoms with E-state index in [1.807, 2.05) is 36.4 Å². The number of hydrogen-bond donors (Lipinski definition) is 2. The SMILES string of the molecule is c1ccc2c(c1)Cc1ccccc1-2.c1ccc2c(c1)[nH]c1ccccc12.c1ccc2c(c1)[nH]c1ccccc12.c1ccccc1. The quantitative estimate of drug-likeness (QED) is 0.179. The Labute approximate surface area is 263 Å². The molecule has 0 aliphatic heterocycles. The lowest BCUT2D eigenvalue weighted by Crippen LogP contribution is -1.77. The number of hydrogen-bond acceptors (Lipinski definition) is 0. The molecule has 0 fully saturated rings. The molecule has 2 aromatic heterocycles. The fourth-order valence-electron chi connectivity index (χ4n) is 6.06. The largest absolute Gasteiger partial charge is 0.355 e. The number of nitrogens with one attached hydrogen (secondary N) is 2. The number of fused-ring (bicyclic) bond motifs is 9. The van der Waals surface area contributed by atoms with Crippen molar-refractivity contribution in [2.45, 2.75) is 6.42 Å². The molecule has 45 heavy (non-hydrogen) atoms. The normalized spacial score (nSPS) is 11.0. The molecule has 7 aromatic carbocycles. The smallest absolute Gasteiger partial charge is 0.0464 e. The van der Waals surface area contributed by atoms with Crippen molar-refractivity contribution in [3.8, 4) is 11.1 Å². The van der Waals surface area contributed by atoms with Gasteiger partial charge in [-0.15, -0.1) is 0 Å². The van der Waals surface area contributed by atoms with E-state index in [1.54, 1.807) is 0 Å². The summed E-state index contributed by atoms with van der Waals surface area (Å²) < 4.78 is 0. The molecular formula is C43H34N2. The van der Waals surface area contributed by atoms with E-state index in [0.717, 1.165) is 6.42 Å². The summed E-state index contributed by atoms with van der Waals surface area (Å²) in [6.45, 7) is 0. The number of benzene rings is 7. The van der Waals surface area contributed by atoms with Gasteiger partial charge < -0.3 is 9.97 Å². The van der Waals surface area contributed by atoms with E-state index < -0.39 is 0 Å². The van der Waals surface area contributed by atoms with Crippen LogP contribution in [0.4, 0.5) is 0 Å². The van der Waals surface area contributed by atoms with E-state index in [1.165, 1.54) is 65.9 Å². The maximum Gasteiger partial charge on any atom is 0.0464 e. The van der Waals surface area contributed by atoms with Crippen LogP contribution in [0.5, 0.6) is 0 Å². The molecule has 0 saturated heterocycles. The van der Waals surface area contributed by atoms with E-state index in [0.29, 0.717) is 0 Å². The number of para-hydroxylation sites is 4. The summed E-state index contributed by atoms with van der Waals surface area (Å²) in [5.41, 5.74) is 10.6. The molecule has 2 N–H and O–H groups in total. The third kappa shape index (κ3) is 6.13. The zero-order valence-corrected chi connectivity index (χ0v) is 25.0. The second-order valence-corrected chi connectivity index (χ2v) is 11.1. The Balaban J connectivity index is 0.0000000995. The summed E-state index contributed by atoms with van der Waals surface area (Å²) in [6.07, 6.45) is 1.10. The van der Waals surface area contributed by atoms with Gasteiger partial charge in [0.1, 0.15) is 0 Å². The predicted octanol–water partition coefficient (Wildman–Crippen LogP) is 11.6. The van der Waals surface area contributed by atoms with Crippen molar-refractivity contribution in [2.24, 2.45) is 0 Å². The van der Waals surface area contributed by atoms with Crippen LogP contribution in [-0.2, 0) is 6.42 Å². The van der Waals surface area contributed by atoms with Crippen LogP contribution < -0.4 is 0 Å². The van der Waals surface area contributed by atoms with E-state index in [9.17, 15) is 0 Å². The molecule has 1 aliphatic carbocycles. The van der Waals surface area contributed by atoms with Gasteiger partial charge in [0.15, 0.2) is 0 Å². The average Bonchev–Trinajstić information content (AvgIpc) is 3.81. The van der Waals surface area contributed by atoms with Crippen LogP contribution in [-0.4, -0.2) is 9.97 Å². The molecule has 2 nitrogen and oxygen atoms in total. The van der Waals surface area contributed by atoms with Gasteiger partial charge in [-0.05, 0) is 52.9 Å². The van der Waals surface area contributed by atoms with Gasteiger partial charge in [0.05, 0.1) is 0 Å². The van der Waals surface area contributed by atoms with Crippen molar-refractivity contribution in [2.75, 3.05) is 0 Å². The lowest BCUT2D eigenvalue weighted by Gasteiger charge is -1.98. The fourth-order valence-corrected chi connectivity index (χ4v) is 6.06. The Bertz CT molecular complexity index is 2030. The molecule has 0 spiro atoms. The second kappa shape index (κ2) is 13.2. The van der Waals surface area contributed by atoms with Crippen LogP contribution in [0.25, 0.3) is 54.7 Å². The summed E-state index contributed by atoms with van der Waals surface area (Å²) in [6, 6.07) is 62.8. The van der Waals surface area contributed by atoms with Gasteiger partial charge in [0, 0.05) is 43.6 Å². The topological polar surface area (TPSA) is 31.6 Å². The molecule has 0 radical (unpaired) electrons. The average molecular weight is 579 g/mol. The van der Waals surface area contributed by atoms with E-state index >= 15 is 0 Å². The van der Waals surface area contributed by atoms with Crippen molar-refractivity contribution >= 4 is 43.6 Å². The molecule has 1 aliphatic rings. The molecule has 0 amide bonds. The van der Waals surface area contributed by atoms with Gasteiger partial charge in [-0.1, -0.05) is 158 Å². The van der Waals surface area contributed by atoms with Crippen LogP contribution >= 0.6 is 0 Å². The molecule has 9 aromatic rings. The van der Waals surface area contributed by atoms with Gasteiger partial charge in [-0.3, -0.25) is 0 Å². The Kier molecular flexibility index (Phi) is 8.19. The summed E-state index contributed by atoms with van der Waals surface area (Å²) in [7, 11) is 0. The highest BCUT2D eigenvalue weighted by Crippen LogP contribution is 2.35. The lowest BCUT2D eigenvalue weighted by molar-refractivity contribution is 1.26. The third-order valence-corrected chi connectivity index (χ3v) is 8.20. The standard InChI is InChI=1S/C13H10.2C12H9N.C6H6/c1-3-7-12-10(5-1)9-11-6-2-4-8-13(11)12;2*1-3-7-11-9(5-1)10-6-2-4-8-12(10)13-11;1-2-4-6-5-3-1/h1-8H,9H2;2*1-8,13H;1-6H. The maximum absolute atomic E-state index is 3.38. The van der Waals surface area contributed by atoms with Gasteiger partial charge in [-0.25, -0.2) is 0 Å². The summed E-state index contributed by atoms with van der Waals surface area (Å²) >= 11 is 0. The fraction of sp³-hybridized carbons (Fsp3) is 0.0233. The van der Waals surface area contributed by atoms with Crippen molar-refractivity contribution in [3.05, 3.63) is 193 Å². The Hall–Kier alpha value is -5.86. The second-order valence-electron chi connectivity index (χ2n) is 11.1. The first kappa shape index (κ1) is 27.9. The zero-order valence-electron chi connectivity index (χ0n) is 25.0. The molecule has 0 atom stereocenters. The Morgan fingerprint density at radius 1 is 0.267 bits per heavy atom. The number of H-pyrrole nitrogens is 2. The Morgan fingerprint density at radius 2 is 0.533 bits per heavy atom. The first-order valence-corrected chi connectivity index (χ1v) is 15.4. The molecule has 10 rings (SSSR count). The van der Waals surface area contributed by atoms with Crippen LogP contribution in [0.15, 0.2) is 182 Å². The molecule has 2 heterocycles. The minimum absolute atomic E-state index is 1.10. The van der Waals surface area contributed by atoms with Crippen LogP contribution in [0.1, 0.15) is 11.1 Å². The van der Waals surface area contributed by atoms with Crippen molar-refractivity contribution in [1.82, 2.24) is 9.97 Å². The van der Waals surface area contributed by atoms with E-state index in [4.69, 9.17) is 0 Å². The van der Waals surface area contributed by atoms with Crippen molar-refractivity contribution < 1.29 is 0 Å². The Morgan fingerprint density at radius 3 is 0.867 bits per heavy atom. The summed E-state index contributed by atoms with van der Waals surface area (Å²) in [5, 5.41) is 5.22. The molecule has 0 bridgehead atoms. The summed E-state index contributed by atoms with van der Waals surface area (Å²) in [5.74, 6) is 0. The molecule has 0 unspecified atom stereocenters. The van der Waals surface area contributed by atoms with Crippen LogP contribution in [0.3, 0.4) is 0 Å². The van der Waals surface area contributed by atoms with E-state index in [2.05, 4.69) is 156 Å². The number of aromatic nitrogens is 2. The number of rotatable bonds is 0. The minimum Gasteiger partial charge on any atom is -0.355 e. The molecule has 2 heteroatoms. The molecule has 0 saturated carbocycles. The van der Waals surface area contributed by atoms with E-state index in [-0.39, 0.29) is 0 Å². The van der Waals surface area contributed by atoms with Crippen molar-refractivity contribution in [1.29, 1.82) is 0 Å².